The van der Waals surface area contributed by atoms with Crippen LogP contribution in [-0.2, 0) is 5.41 Å². The molecule has 0 saturated heterocycles. The molecule has 1 aromatic carbocycles. The van der Waals surface area contributed by atoms with Gasteiger partial charge in [-0.25, -0.2) is 0 Å². The second-order valence-corrected chi connectivity index (χ2v) is 5.39. The monoisotopic (exact) mass is 266 g/mol. The molecular formula is C15H16Cl2. The molecule has 1 fully saturated rings. The molecule has 0 radical (unpaired) electrons. The van der Waals surface area contributed by atoms with Crippen molar-refractivity contribution in [3.63, 3.8) is 0 Å². The summed E-state index contributed by atoms with van der Waals surface area (Å²) in [7, 11) is 0. The third-order valence-corrected chi connectivity index (χ3v) is 4.17. The highest BCUT2D eigenvalue weighted by Gasteiger charge is 2.34. The summed E-state index contributed by atoms with van der Waals surface area (Å²) in [5.74, 6) is 6.69. The summed E-state index contributed by atoms with van der Waals surface area (Å²) in [6.45, 7) is 2.09. The SMILES string of the molecule is CCC#CC1(c2ccc(Cl)c(Cl)c2)CCCC1. The fourth-order valence-electron chi connectivity index (χ4n) is 2.52. The molecule has 0 bridgehead atoms. The minimum Gasteiger partial charge on any atom is -0.103 e. The maximum Gasteiger partial charge on any atom is 0.0595 e. The van der Waals surface area contributed by atoms with Crippen LogP contribution in [-0.4, -0.2) is 0 Å². The molecule has 0 spiro atoms. The molecule has 0 amide bonds. The Morgan fingerprint density at radius 2 is 1.88 bits per heavy atom. The first-order valence-corrected chi connectivity index (χ1v) is 6.89. The second kappa shape index (κ2) is 5.34. The van der Waals surface area contributed by atoms with Gasteiger partial charge in [0.15, 0.2) is 0 Å². The Bertz CT molecular complexity index is 460. The van der Waals surface area contributed by atoms with Crippen molar-refractivity contribution in [3.8, 4) is 11.8 Å². The molecular weight excluding hydrogens is 251 g/mol. The van der Waals surface area contributed by atoms with E-state index in [4.69, 9.17) is 23.2 Å². The Kier molecular flexibility index (Phi) is 4.02. The van der Waals surface area contributed by atoms with Gasteiger partial charge < -0.3 is 0 Å². The van der Waals surface area contributed by atoms with E-state index in [-0.39, 0.29) is 5.41 Å². The van der Waals surface area contributed by atoms with Crippen molar-refractivity contribution in [2.24, 2.45) is 0 Å². The molecule has 2 rings (SSSR count). The third-order valence-electron chi connectivity index (χ3n) is 3.43. The van der Waals surface area contributed by atoms with Crippen LogP contribution in [0.2, 0.25) is 10.0 Å². The maximum absolute atomic E-state index is 6.11. The second-order valence-electron chi connectivity index (χ2n) is 4.57. The first kappa shape index (κ1) is 12.8. The highest BCUT2D eigenvalue weighted by atomic mass is 35.5. The van der Waals surface area contributed by atoms with Gasteiger partial charge in [-0.15, -0.1) is 5.92 Å². The smallest absolute Gasteiger partial charge is 0.0595 e. The van der Waals surface area contributed by atoms with E-state index in [2.05, 4.69) is 24.8 Å². The molecule has 0 aromatic heterocycles. The van der Waals surface area contributed by atoms with Crippen molar-refractivity contribution in [1.82, 2.24) is 0 Å². The lowest BCUT2D eigenvalue weighted by Gasteiger charge is -2.23. The van der Waals surface area contributed by atoms with E-state index in [0.29, 0.717) is 10.0 Å². The Balaban J connectivity index is 2.42. The predicted molar refractivity (Wildman–Crippen MR) is 74.7 cm³/mol. The standard InChI is InChI=1S/C15H16Cl2/c1-2-3-8-15(9-4-5-10-15)12-6-7-13(16)14(17)11-12/h6-7,11H,2,4-5,9-10H2,1H3. The molecule has 17 heavy (non-hydrogen) atoms. The molecule has 0 atom stereocenters. The van der Waals surface area contributed by atoms with Gasteiger partial charge in [-0.3, -0.25) is 0 Å². The molecule has 0 aliphatic heterocycles. The summed E-state index contributed by atoms with van der Waals surface area (Å²) < 4.78 is 0. The first-order chi connectivity index (χ1) is 8.18. The van der Waals surface area contributed by atoms with Gasteiger partial charge in [-0.05, 0) is 30.5 Å². The Hall–Kier alpha value is -0.640. The maximum atomic E-state index is 6.11. The van der Waals surface area contributed by atoms with Gasteiger partial charge in [0.05, 0.1) is 15.5 Å². The van der Waals surface area contributed by atoms with Gasteiger partial charge >= 0.3 is 0 Å². The van der Waals surface area contributed by atoms with Gasteiger partial charge in [-0.1, -0.05) is 55.0 Å². The molecule has 1 aliphatic carbocycles. The van der Waals surface area contributed by atoms with Gasteiger partial charge in [-0.2, -0.15) is 0 Å². The van der Waals surface area contributed by atoms with Crippen LogP contribution < -0.4 is 0 Å². The molecule has 0 heterocycles. The Morgan fingerprint density at radius 3 is 2.47 bits per heavy atom. The van der Waals surface area contributed by atoms with Gasteiger partial charge in [0.2, 0.25) is 0 Å². The van der Waals surface area contributed by atoms with E-state index in [0.717, 1.165) is 19.3 Å². The molecule has 2 heteroatoms. The number of benzene rings is 1. The molecule has 1 aromatic rings. The highest BCUT2D eigenvalue weighted by Crippen LogP contribution is 2.42. The van der Waals surface area contributed by atoms with Crippen LogP contribution in [0.1, 0.15) is 44.6 Å². The number of rotatable bonds is 1. The fourth-order valence-corrected chi connectivity index (χ4v) is 2.81. The van der Waals surface area contributed by atoms with Crippen LogP contribution in [0.15, 0.2) is 18.2 Å². The van der Waals surface area contributed by atoms with Crippen LogP contribution in [0.4, 0.5) is 0 Å². The minimum atomic E-state index is 0.0181. The van der Waals surface area contributed by atoms with E-state index < -0.39 is 0 Å². The zero-order valence-electron chi connectivity index (χ0n) is 10.0. The molecule has 1 aliphatic rings. The lowest BCUT2D eigenvalue weighted by molar-refractivity contribution is 0.580. The van der Waals surface area contributed by atoms with Crippen LogP contribution in [0.3, 0.4) is 0 Å². The molecule has 0 unspecified atom stereocenters. The topological polar surface area (TPSA) is 0 Å². The van der Waals surface area contributed by atoms with E-state index in [1.807, 2.05) is 12.1 Å². The van der Waals surface area contributed by atoms with Gasteiger partial charge in [0, 0.05) is 6.42 Å². The number of hydrogen-bond donors (Lipinski definition) is 0. The Morgan fingerprint density at radius 1 is 1.18 bits per heavy atom. The van der Waals surface area contributed by atoms with Crippen molar-refractivity contribution < 1.29 is 0 Å². The van der Waals surface area contributed by atoms with Crippen molar-refractivity contribution in [2.75, 3.05) is 0 Å². The van der Waals surface area contributed by atoms with E-state index in [9.17, 15) is 0 Å². The predicted octanol–water partition coefficient (Wildman–Crippen LogP) is 5.22. The average Bonchev–Trinajstić information content (AvgIpc) is 2.80. The van der Waals surface area contributed by atoms with E-state index in [1.54, 1.807) is 0 Å². The quantitative estimate of drug-likeness (QED) is 0.612. The van der Waals surface area contributed by atoms with Crippen LogP contribution in [0, 0.1) is 11.8 Å². The lowest BCUT2D eigenvalue weighted by Crippen LogP contribution is -2.19. The minimum absolute atomic E-state index is 0.0181. The van der Waals surface area contributed by atoms with E-state index >= 15 is 0 Å². The number of hydrogen-bond acceptors (Lipinski definition) is 0. The van der Waals surface area contributed by atoms with Crippen molar-refractivity contribution in [3.05, 3.63) is 33.8 Å². The summed E-state index contributed by atoms with van der Waals surface area (Å²) in [4.78, 5) is 0. The summed E-state index contributed by atoms with van der Waals surface area (Å²) >= 11 is 12.1. The first-order valence-electron chi connectivity index (χ1n) is 6.13. The van der Waals surface area contributed by atoms with Crippen LogP contribution in [0.5, 0.6) is 0 Å². The van der Waals surface area contributed by atoms with Gasteiger partial charge in [0.25, 0.3) is 0 Å². The van der Waals surface area contributed by atoms with Crippen molar-refractivity contribution in [2.45, 2.75) is 44.4 Å². The summed E-state index contributed by atoms with van der Waals surface area (Å²) in [5, 5.41) is 1.25. The van der Waals surface area contributed by atoms with Crippen LogP contribution >= 0.6 is 23.2 Å². The molecule has 0 N–H and O–H groups in total. The fraction of sp³-hybridized carbons (Fsp3) is 0.467. The van der Waals surface area contributed by atoms with Crippen molar-refractivity contribution >= 4 is 23.2 Å². The Labute approximate surface area is 113 Å². The lowest BCUT2D eigenvalue weighted by atomic mass is 9.79. The zero-order chi connectivity index (χ0) is 12.3. The average molecular weight is 267 g/mol. The summed E-state index contributed by atoms with van der Waals surface area (Å²) in [6.07, 6.45) is 5.68. The summed E-state index contributed by atoms with van der Waals surface area (Å²) in [6, 6.07) is 5.94. The van der Waals surface area contributed by atoms with Crippen LogP contribution in [0.25, 0.3) is 0 Å². The summed E-state index contributed by atoms with van der Waals surface area (Å²) in [5.41, 5.74) is 1.25. The largest absolute Gasteiger partial charge is 0.103 e. The molecule has 90 valence electrons. The zero-order valence-corrected chi connectivity index (χ0v) is 11.5. The molecule has 1 saturated carbocycles. The van der Waals surface area contributed by atoms with Crippen molar-refractivity contribution in [1.29, 1.82) is 0 Å². The van der Waals surface area contributed by atoms with E-state index in [1.165, 1.54) is 18.4 Å². The number of halogens is 2. The van der Waals surface area contributed by atoms with Gasteiger partial charge in [0.1, 0.15) is 0 Å². The third kappa shape index (κ3) is 2.62. The highest BCUT2D eigenvalue weighted by molar-refractivity contribution is 6.42. The normalized spacial score (nSPS) is 17.6. The molecule has 0 nitrogen and oxygen atoms in total.